The molecule has 0 aliphatic carbocycles. The van der Waals surface area contributed by atoms with Crippen molar-refractivity contribution < 1.29 is 0 Å². The first-order valence-electron chi connectivity index (χ1n) is 6.58. The molecule has 0 saturated carbocycles. The summed E-state index contributed by atoms with van der Waals surface area (Å²) in [6.07, 6.45) is 3.03. The maximum Gasteiger partial charge on any atom is 0.167 e. The first-order chi connectivity index (χ1) is 8.86. The van der Waals surface area contributed by atoms with Crippen LogP contribution in [0.1, 0.15) is 42.2 Å². The molecular weight excluding hydrogens is 224 g/mol. The van der Waals surface area contributed by atoms with Gasteiger partial charge < -0.3 is 5.32 Å². The number of nitrogens with zero attached hydrogens (tertiary/aromatic N) is 2. The zero-order valence-electron chi connectivity index (χ0n) is 10.6. The van der Waals surface area contributed by atoms with Crippen LogP contribution in [0.15, 0.2) is 24.3 Å². The minimum Gasteiger partial charge on any atom is -0.303 e. The summed E-state index contributed by atoms with van der Waals surface area (Å²) < 4.78 is 0. The summed E-state index contributed by atoms with van der Waals surface area (Å²) in [5.74, 6) is 1.89. The predicted molar refractivity (Wildman–Crippen MR) is 70.1 cm³/mol. The molecule has 0 fully saturated rings. The van der Waals surface area contributed by atoms with Crippen molar-refractivity contribution in [1.82, 2.24) is 20.5 Å². The molecule has 1 aromatic heterocycles. The van der Waals surface area contributed by atoms with Crippen LogP contribution in [0.4, 0.5) is 0 Å². The number of hydrogen-bond acceptors (Lipinski definition) is 3. The second kappa shape index (κ2) is 4.90. The monoisotopic (exact) mass is 242 g/mol. The molecule has 2 N–H and O–H groups in total. The molecule has 94 valence electrons. The molecule has 0 spiro atoms. The van der Waals surface area contributed by atoms with E-state index in [1.807, 2.05) is 0 Å². The topological polar surface area (TPSA) is 53.6 Å². The Morgan fingerprint density at radius 1 is 1.28 bits per heavy atom. The van der Waals surface area contributed by atoms with Crippen LogP contribution in [0.5, 0.6) is 0 Å². The first-order valence-corrected chi connectivity index (χ1v) is 6.58. The van der Waals surface area contributed by atoms with Crippen molar-refractivity contribution >= 4 is 0 Å². The third-order valence-electron chi connectivity index (χ3n) is 3.43. The van der Waals surface area contributed by atoms with Crippen LogP contribution in [-0.2, 0) is 19.4 Å². The highest BCUT2D eigenvalue weighted by Gasteiger charge is 2.22. The Kier molecular flexibility index (Phi) is 3.11. The Labute approximate surface area is 107 Å². The Morgan fingerprint density at radius 3 is 2.94 bits per heavy atom. The van der Waals surface area contributed by atoms with Crippen molar-refractivity contribution in [1.29, 1.82) is 0 Å². The largest absolute Gasteiger partial charge is 0.303 e. The lowest BCUT2D eigenvalue weighted by Crippen LogP contribution is -2.29. The molecule has 1 aliphatic rings. The molecule has 3 rings (SSSR count). The van der Waals surface area contributed by atoms with Gasteiger partial charge in [-0.3, -0.25) is 5.10 Å². The van der Waals surface area contributed by atoms with Gasteiger partial charge in [0.05, 0.1) is 6.04 Å². The molecule has 4 heteroatoms. The third-order valence-corrected chi connectivity index (χ3v) is 3.43. The molecule has 0 bridgehead atoms. The summed E-state index contributed by atoms with van der Waals surface area (Å²) in [5, 5.41) is 10.9. The quantitative estimate of drug-likeness (QED) is 0.867. The van der Waals surface area contributed by atoms with E-state index in [1.54, 1.807) is 0 Å². The van der Waals surface area contributed by atoms with Crippen LogP contribution in [-0.4, -0.2) is 15.2 Å². The summed E-state index contributed by atoms with van der Waals surface area (Å²) in [6.45, 7) is 3.05. The van der Waals surface area contributed by atoms with Crippen molar-refractivity contribution in [3.63, 3.8) is 0 Å². The Morgan fingerprint density at radius 2 is 2.11 bits per heavy atom. The van der Waals surface area contributed by atoms with E-state index in [1.165, 1.54) is 11.1 Å². The van der Waals surface area contributed by atoms with Gasteiger partial charge in [0.1, 0.15) is 5.82 Å². The number of nitrogens with one attached hydrogen (secondary N) is 2. The van der Waals surface area contributed by atoms with E-state index in [0.717, 1.165) is 37.5 Å². The summed E-state index contributed by atoms with van der Waals surface area (Å²) in [6, 6.07) is 8.80. The van der Waals surface area contributed by atoms with Gasteiger partial charge in [0.2, 0.25) is 0 Å². The van der Waals surface area contributed by atoms with E-state index >= 15 is 0 Å². The van der Waals surface area contributed by atoms with E-state index in [0.29, 0.717) is 0 Å². The van der Waals surface area contributed by atoms with Gasteiger partial charge in [-0.05, 0) is 24.0 Å². The van der Waals surface area contributed by atoms with Gasteiger partial charge in [-0.2, -0.15) is 5.10 Å². The van der Waals surface area contributed by atoms with E-state index < -0.39 is 0 Å². The highest BCUT2D eigenvalue weighted by Crippen LogP contribution is 2.23. The Balaban J connectivity index is 1.78. The van der Waals surface area contributed by atoms with Crippen molar-refractivity contribution in [2.45, 2.75) is 38.8 Å². The summed E-state index contributed by atoms with van der Waals surface area (Å²) >= 11 is 0. The van der Waals surface area contributed by atoms with Crippen molar-refractivity contribution in [3.8, 4) is 0 Å². The fourth-order valence-corrected chi connectivity index (χ4v) is 2.45. The van der Waals surface area contributed by atoms with E-state index in [2.05, 4.69) is 51.7 Å². The standard InChI is InChI=1S/C14H18N4/c1-2-5-13-16-14(18-17-13)12-8-10-6-3-4-7-11(10)9-15-12/h3-4,6-7,12,15H,2,5,8-9H2,1H3,(H,16,17,18). The van der Waals surface area contributed by atoms with Crippen LogP contribution >= 0.6 is 0 Å². The van der Waals surface area contributed by atoms with Gasteiger partial charge >= 0.3 is 0 Å². The number of H-pyrrole nitrogens is 1. The number of hydrogen-bond donors (Lipinski definition) is 2. The second-order valence-electron chi connectivity index (χ2n) is 4.80. The molecule has 4 nitrogen and oxygen atoms in total. The minimum atomic E-state index is 0.238. The number of aryl methyl sites for hydroxylation is 1. The zero-order chi connectivity index (χ0) is 12.4. The van der Waals surface area contributed by atoms with Gasteiger partial charge in [0.15, 0.2) is 5.82 Å². The number of benzene rings is 1. The maximum atomic E-state index is 4.57. The first kappa shape index (κ1) is 11.4. The highest BCUT2D eigenvalue weighted by atomic mass is 15.2. The lowest BCUT2D eigenvalue weighted by molar-refractivity contribution is 0.477. The molecule has 1 atom stereocenters. The molecule has 2 aromatic rings. The number of aromatic amines is 1. The molecule has 1 unspecified atom stereocenters. The van der Waals surface area contributed by atoms with E-state index in [4.69, 9.17) is 0 Å². The number of rotatable bonds is 3. The molecule has 0 saturated heterocycles. The molecule has 1 aromatic carbocycles. The zero-order valence-corrected chi connectivity index (χ0v) is 10.6. The van der Waals surface area contributed by atoms with Crippen LogP contribution in [0.2, 0.25) is 0 Å². The maximum absolute atomic E-state index is 4.57. The summed E-state index contributed by atoms with van der Waals surface area (Å²) in [5.41, 5.74) is 2.79. The summed E-state index contributed by atoms with van der Waals surface area (Å²) in [7, 11) is 0. The molecule has 1 aliphatic heterocycles. The van der Waals surface area contributed by atoms with E-state index in [-0.39, 0.29) is 6.04 Å². The fourth-order valence-electron chi connectivity index (χ4n) is 2.45. The lowest BCUT2D eigenvalue weighted by Gasteiger charge is -2.23. The van der Waals surface area contributed by atoms with Crippen molar-refractivity contribution in [2.24, 2.45) is 0 Å². The lowest BCUT2D eigenvalue weighted by atomic mass is 9.96. The minimum absolute atomic E-state index is 0.238. The van der Waals surface area contributed by atoms with E-state index in [9.17, 15) is 0 Å². The summed E-state index contributed by atoms with van der Waals surface area (Å²) in [4.78, 5) is 4.57. The van der Waals surface area contributed by atoms with Crippen LogP contribution in [0.3, 0.4) is 0 Å². The Bertz CT molecular complexity index is 532. The number of aromatic nitrogens is 3. The van der Waals surface area contributed by atoms with Gasteiger partial charge in [0.25, 0.3) is 0 Å². The number of fused-ring (bicyclic) bond motifs is 1. The van der Waals surface area contributed by atoms with Crippen molar-refractivity contribution in [2.75, 3.05) is 0 Å². The predicted octanol–water partition coefficient (Wildman–Crippen LogP) is 2.14. The second-order valence-corrected chi connectivity index (χ2v) is 4.80. The Hall–Kier alpha value is -1.68. The normalized spacial score (nSPS) is 18.6. The molecule has 0 amide bonds. The molecule has 0 radical (unpaired) electrons. The fraction of sp³-hybridized carbons (Fsp3) is 0.429. The molecule has 18 heavy (non-hydrogen) atoms. The SMILES string of the molecule is CCCc1nc(C2Cc3ccccc3CN2)n[nH]1. The average molecular weight is 242 g/mol. The third kappa shape index (κ3) is 2.16. The smallest absolute Gasteiger partial charge is 0.167 e. The van der Waals surface area contributed by atoms with Crippen LogP contribution in [0.25, 0.3) is 0 Å². The molecular formula is C14H18N4. The average Bonchev–Trinajstić information content (AvgIpc) is 2.87. The van der Waals surface area contributed by atoms with Crippen molar-refractivity contribution in [3.05, 3.63) is 47.0 Å². The highest BCUT2D eigenvalue weighted by molar-refractivity contribution is 5.30. The van der Waals surface area contributed by atoms with Crippen LogP contribution < -0.4 is 5.32 Å². The van der Waals surface area contributed by atoms with Gasteiger partial charge in [0, 0.05) is 13.0 Å². The van der Waals surface area contributed by atoms with Crippen LogP contribution in [0, 0.1) is 0 Å². The van der Waals surface area contributed by atoms with Gasteiger partial charge in [-0.25, -0.2) is 4.98 Å². The van der Waals surface area contributed by atoms with Gasteiger partial charge in [-0.1, -0.05) is 31.2 Å². The molecule has 2 heterocycles. The van der Waals surface area contributed by atoms with Gasteiger partial charge in [-0.15, -0.1) is 0 Å².